The minimum Gasteiger partial charge on any atom is -0.350 e. The molecule has 2 heterocycles. The molecular formula is C23H28N2O. The maximum absolute atomic E-state index is 13.0. The van der Waals surface area contributed by atoms with Gasteiger partial charge in [-0.2, -0.15) is 0 Å². The van der Waals surface area contributed by atoms with Crippen LogP contribution in [0, 0.1) is 0 Å². The summed E-state index contributed by atoms with van der Waals surface area (Å²) in [7, 11) is 2.09. The molecule has 4 rings (SSSR count). The van der Waals surface area contributed by atoms with Crippen LogP contribution in [-0.4, -0.2) is 21.9 Å². The van der Waals surface area contributed by atoms with Crippen molar-refractivity contribution in [3.05, 3.63) is 58.8 Å². The third-order valence-corrected chi connectivity index (χ3v) is 6.18. The second kappa shape index (κ2) is 6.79. The molecule has 0 N–H and O–H groups in total. The van der Waals surface area contributed by atoms with Gasteiger partial charge < -0.3 is 9.47 Å². The Bertz CT molecular complexity index is 915. The summed E-state index contributed by atoms with van der Waals surface area (Å²) in [5.74, 6) is 0.205. The highest BCUT2D eigenvalue weighted by molar-refractivity contribution is 5.98. The van der Waals surface area contributed by atoms with Gasteiger partial charge in [-0.15, -0.1) is 0 Å². The molecule has 0 bridgehead atoms. The molecule has 3 heteroatoms. The Morgan fingerprint density at radius 2 is 1.96 bits per heavy atom. The number of rotatable bonds is 4. The average Bonchev–Trinajstić information content (AvgIpc) is 3.10. The van der Waals surface area contributed by atoms with Crippen LogP contribution in [0.5, 0.6) is 0 Å². The standard InChI is InChI=1S/C23H28N2O/c1-16-17(2)23(26)25(14-13-18-9-5-4-6-10-18)22(16)20-15-24(3)21-12-8-7-11-19(20)21/h7-9,11-12,15,22H,4-6,10,13-14H2,1-3H3. The van der Waals surface area contributed by atoms with Crippen molar-refractivity contribution in [2.75, 3.05) is 6.54 Å². The molecule has 1 amide bonds. The van der Waals surface area contributed by atoms with Gasteiger partial charge in [-0.1, -0.05) is 29.8 Å². The molecule has 1 aromatic heterocycles. The number of para-hydroxylation sites is 1. The molecule has 26 heavy (non-hydrogen) atoms. The van der Waals surface area contributed by atoms with Crippen molar-refractivity contribution < 1.29 is 4.79 Å². The smallest absolute Gasteiger partial charge is 0.250 e. The van der Waals surface area contributed by atoms with Crippen LogP contribution >= 0.6 is 0 Å². The van der Waals surface area contributed by atoms with Gasteiger partial charge in [-0.05, 0) is 57.6 Å². The fourth-order valence-electron chi connectivity index (χ4n) is 4.56. The van der Waals surface area contributed by atoms with Crippen LogP contribution in [0.25, 0.3) is 10.9 Å². The fourth-order valence-corrected chi connectivity index (χ4v) is 4.56. The van der Waals surface area contributed by atoms with E-state index in [1.54, 1.807) is 0 Å². The molecular weight excluding hydrogens is 320 g/mol. The first-order chi connectivity index (χ1) is 12.6. The molecule has 1 aromatic carbocycles. The van der Waals surface area contributed by atoms with Gasteiger partial charge in [0.1, 0.15) is 0 Å². The third-order valence-electron chi connectivity index (χ3n) is 6.18. The van der Waals surface area contributed by atoms with E-state index in [-0.39, 0.29) is 11.9 Å². The second-order valence-corrected chi connectivity index (χ2v) is 7.78. The van der Waals surface area contributed by atoms with Gasteiger partial charge in [0.15, 0.2) is 0 Å². The van der Waals surface area contributed by atoms with Crippen LogP contribution in [0.15, 0.2) is 53.3 Å². The highest BCUT2D eigenvalue weighted by Crippen LogP contribution is 2.41. The quantitative estimate of drug-likeness (QED) is 0.689. The number of fused-ring (bicyclic) bond motifs is 1. The number of aryl methyl sites for hydroxylation is 1. The molecule has 1 aliphatic carbocycles. The Morgan fingerprint density at radius 1 is 1.15 bits per heavy atom. The van der Waals surface area contributed by atoms with E-state index in [0.717, 1.165) is 18.5 Å². The average molecular weight is 348 g/mol. The van der Waals surface area contributed by atoms with E-state index >= 15 is 0 Å². The number of nitrogens with zero attached hydrogens (tertiary/aromatic N) is 2. The fraction of sp³-hybridized carbons (Fsp3) is 0.435. The normalized spacial score (nSPS) is 21.0. The van der Waals surface area contributed by atoms with Crippen molar-refractivity contribution in [3.63, 3.8) is 0 Å². The van der Waals surface area contributed by atoms with Gasteiger partial charge in [0.2, 0.25) is 5.91 Å². The van der Waals surface area contributed by atoms with Gasteiger partial charge in [0, 0.05) is 41.8 Å². The predicted octanol–water partition coefficient (Wildman–Crippen LogP) is 5.29. The van der Waals surface area contributed by atoms with Gasteiger partial charge in [0.25, 0.3) is 0 Å². The Kier molecular flexibility index (Phi) is 4.47. The van der Waals surface area contributed by atoms with E-state index in [0.29, 0.717) is 0 Å². The highest BCUT2D eigenvalue weighted by atomic mass is 16.2. The van der Waals surface area contributed by atoms with E-state index in [9.17, 15) is 4.79 Å². The van der Waals surface area contributed by atoms with Crippen molar-refractivity contribution in [2.24, 2.45) is 7.05 Å². The summed E-state index contributed by atoms with van der Waals surface area (Å²) >= 11 is 0. The number of carbonyl (C=O) groups is 1. The molecule has 2 aromatic rings. The van der Waals surface area contributed by atoms with Gasteiger partial charge in [-0.3, -0.25) is 4.79 Å². The van der Waals surface area contributed by atoms with Crippen LogP contribution < -0.4 is 0 Å². The first-order valence-corrected chi connectivity index (χ1v) is 9.78. The number of hydrogen-bond donors (Lipinski definition) is 0. The maximum atomic E-state index is 13.0. The lowest BCUT2D eigenvalue weighted by atomic mass is 9.96. The van der Waals surface area contributed by atoms with Crippen molar-refractivity contribution in [1.82, 2.24) is 9.47 Å². The summed E-state index contributed by atoms with van der Waals surface area (Å²) in [6.07, 6.45) is 10.6. The third kappa shape index (κ3) is 2.80. The van der Waals surface area contributed by atoms with Crippen molar-refractivity contribution in [3.8, 4) is 0 Å². The van der Waals surface area contributed by atoms with Gasteiger partial charge in [0.05, 0.1) is 6.04 Å². The minimum atomic E-state index is 0.0674. The van der Waals surface area contributed by atoms with Crippen LogP contribution in [0.1, 0.15) is 57.6 Å². The SMILES string of the molecule is CC1=C(C)C(c2cn(C)c3ccccc23)N(CCC2=CCCCC2)C1=O. The zero-order chi connectivity index (χ0) is 18.3. The number of amides is 1. The van der Waals surface area contributed by atoms with Gasteiger partial charge >= 0.3 is 0 Å². The first-order valence-electron chi connectivity index (χ1n) is 9.78. The van der Waals surface area contributed by atoms with E-state index < -0.39 is 0 Å². The van der Waals surface area contributed by atoms with E-state index in [4.69, 9.17) is 0 Å². The lowest BCUT2D eigenvalue weighted by Crippen LogP contribution is -2.31. The maximum Gasteiger partial charge on any atom is 0.250 e. The molecule has 1 unspecified atom stereocenters. The zero-order valence-corrected chi connectivity index (χ0v) is 16.1. The Hall–Kier alpha value is -2.29. The summed E-state index contributed by atoms with van der Waals surface area (Å²) < 4.78 is 2.18. The molecule has 136 valence electrons. The molecule has 1 aliphatic heterocycles. The van der Waals surface area contributed by atoms with Gasteiger partial charge in [-0.25, -0.2) is 0 Å². The summed E-state index contributed by atoms with van der Waals surface area (Å²) in [6, 6.07) is 8.56. The summed E-state index contributed by atoms with van der Waals surface area (Å²) in [5.41, 5.74) is 6.12. The lowest BCUT2D eigenvalue weighted by molar-refractivity contribution is -0.127. The van der Waals surface area contributed by atoms with Crippen LogP contribution in [0.2, 0.25) is 0 Å². The lowest BCUT2D eigenvalue weighted by Gasteiger charge is -2.27. The van der Waals surface area contributed by atoms with Crippen molar-refractivity contribution in [2.45, 2.75) is 52.0 Å². The highest BCUT2D eigenvalue weighted by Gasteiger charge is 2.36. The van der Waals surface area contributed by atoms with E-state index in [1.807, 2.05) is 6.92 Å². The largest absolute Gasteiger partial charge is 0.350 e. The van der Waals surface area contributed by atoms with Crippen LogP contribution in [0.3, 0.4) is 0 Å². The number of benzene rings is 1. The Morgan fingerprint density at radius 3 is 2.73 bits per heavy atom. The Labute approximate surface area is 156 Å². The molecule has 0 saturated heterocycles. The topological polar surface area (TPSA) is 25.2 Å². The number of allylic oxidation sites excluding steroid dienone is 1. The minimum absolute atomic E-state index is 0.0674. The van der Waals surface area contributed by atoms with Crippen molar-refractivity contribution >= 4 is 16.8 Å². The van der Waals surface area contributed by atoms with Crippen molar-refractivity contribution in [1.29, 1.82) is 0 Å². The first kappa shape index (κ1) is 17.1. The van der Waals surface area contributed by atoms with Crippen LogP contribution in [-0.2, 0) is 11.8 Å². The monoisotopic (exact) mass is 348 g/mol. The summed E-state index contributed by atoms with van der Waals surface area (Å²) in [5, 5.41) is 1.25. The molecule has 0 fully saturated rings. The second-order valence-electron chi connectivity index (χ2n) is 7.78. The van der Waals surface area contributed by atoms with E-state index in [1.165, 1.54) is 53.3 Å². The molecule has 0 saturated carbocycles. The predicted molar refractivity (Wildman–Crippen MR) is 107 cm³/mol. The van der Waals surface area contributed by atoms with Crippen LogP contribution in [0.4, 0.5) is 0 Å². The summed E-state index contributed by atoms with van der Waals surface area (Å²) in [4.78, 5) is 15.1. The van der Waals surface area contributed by atoms with E-state index in [2.05, 4.69) is 60.0 Å². The number of aromatic nitrogens is 1. The molecule has 1 atom stereocenters. The molecule has 0 radical (unpaired) electrons. The molecule has 2 aliphatic rings. The molecule has 0 spiro atoms. The molecule has 3 nitrogen and oxygen atoms in total. The zero-order valence-electron chi connectivity index (χ0n) is 16.1. The summed E-state index contributed by atoms with van der Waals surface area (Å²) in [6.45, 7) is 4.92. The number of hydrogen-bond acceptors (Lipinski definition) is 1. The number of carbonyl (C=O) groups excluding carboxylic acids is 1. The Balaban J connectivity index is 1.69.